The third kappa shape index (κ3) is 1.66. The van der Waals surface area contributed by atoms with Gasteiger partial charge in [0.25, 0.3) is 0 Å². The predicted molar refractivity (Wildman–Crippen MR) is 75.7 cm³/mol. The molecule has 2 aliphatic carbocycles. The number of benzene rings is 1. The Bertz CT molecular complexity index is 630. The van der Waals surface area contributed by atoms with Gasteiger partial charge in [0.05, 0.1) is 5.92 Å². The monoisotopic (exact) mass is 290 g/mol. The van der Waals surface area contributed by atoms with Crippen molar-refractivity contribution < 1.29 is 14.7 Å². The molecule has 1 saturated carbocycles. The fourth-order valence-corrected chi connectivity index (χ4v) is 3.84. The van der Waals surface area contributed by atoms with E-state index in [0.29, 0.717) is 10.6 Å². The maximum absolute atomic E-state index is 12.4. The molecule has 1 fully saturated rings. The lowest BCUT2D eigenvalue weighted by molar-refractivity contribution is -0.133. The maximum Gasteiger partial charge on any atom is 0.208 e. The van der Waals surface area contributed by atoms with Gasteiger partial charge in [-0.15, -0.1) is 0 Å². The van der Waals surface area contributed by atoms with Crippen LogP contribution in [-0.4, -0.2) is 16.7 Å². The van der Waals surface area contributed by atoms with Crippen LogP contribution in [0.25, 0.3) is 0 Å². The van der Waals surface area contributed by atoms with E-state index in [1.54, 1.807) is 19.1 Å². The molecular weight excluding hydrogens is 276 g/mol. The normalized spacial score (nSPS) is 33.0. The van der Waals surface area contributed by atoms with Crippen LogP contribution in [0, 0.1) is 17.8 Å². The van der Waals surface area contributed by atoms with Gasteiger partial charge in [-0.25, -0.2) is 0 Å². The van der Waals surface area contributed by atoms with Crippen LogP contribution < -0.4 is 0 Å². The molecular formula is C16H15ClO3. The van der Waals surface area contributed by atoms with E-state index < -0.39 is 11.7 Å². The Balaban J connectivity index is 2.10. The van der Waals surface area contributed by atoms with Crippen molar-refractivity contribution in [2.45, 2.75) is 19.8 Å². The van der Waals surface area contributed by atoms with Crippen LogP contribution >= 0.6 is 11.6 Å². The highest BCUT2D eigenvalue weighted by Crippen LogP contribution is 2.52. The van der Waals surface area contributed by atoms with Crippen LogP contribution in [-0.2, 0) is 9.59 Å². The smallest absolute Gasteiger partial charge is 0.208 e. The van der Waals surface area contributed by atoms with Gasteiger partial charge in [-0.2, -0.15) is 0 Å². The largest absolute Gasteiger partial charge is 0.504 e. The summed E-state index contributed by atoms with van der Waals surface area (Å²) >= 11 is 5.89. The molecule has 0 aromatic heterocycles. The zero-order valence-electron chi connectivity index (χ0n) is 11.3. The van der Waals surface area contributed by atoms with Gasteiger partial charge in [-0.1, -0.05) is 30.7 Å². The molecule has 2 bridgehead atoms. The van der Waals surface area contributed by atoms with E-state index >= 15 is 0 Å². The van der Waals surface area contributed by atoms with Crippen molar-refractivity contribution in [3.8, 4) is 0 Å². The number of aliphatic hydroxyl groups is 1. The van der Waals surface area contributed by atoms with E-state index in [-0.39, 0.29) is 29.3 Å². The van der Waals surface area contributed by atoms with Gasteiger partial charge in [0.15, 0.2) is 11.5 Å². The Morgan fingerprint density at radius 1 is 1.10 bits per heavy atom. The highest BCUT2D eigenvalue weighted by molar-refractivity contribution is 6.30. The van der Waals surface area contributed by atoms with Crippen molar-refractivity contribution in [1.29, 1.82) is 0 Å². The summed E-state index contributed by atoms with van der Waals surface area (Å²) < 4.78 is 0. The van der Waals surface area contributed by atoms with E-state index in [4.69, 9.17) is 11.6 Å². The minimum Gasteiger partial charge on any atom is -0.504 e. The summed E-state index contributed by atoms with van der Waals surface area (Å²) in [4.78, 5) is 24.7. The first kappa shape index (κ1) is 13.4. The van der Waals surface area contributed by atoms with E-state index in [9.17, 15) is 14.7 Å². The number of allylic oxidation sites excluding steroid dienone is 2. The molecule has 0 aliphatic heterocycles. The van der Waals surface area contributed by atoms with Gasteiger partial charge in [0.2, 0.25) is 5.78 Å². The molecule has 4 heteroatoms. The predicted octanol–water partition coefficient (Wildman–Crippen LogP) is 3.29. The molecule has 2 aliphatic rings. The first-order valence-corrected chi connectivity index (χ1v) is 7.04. The number of hydrogen-bond acceptors (Lipinski definition) is 3. The highest BCUT2D eigenvalue weighted by Gasteiger charge is 2.56. The molecule has 1 aromatic carbocycles. The van der Waals surface area contributed by atoms with Crippen LogP contribution in [0.5, 0.6) is 0 Å². The number of ketones is 2. The molecule has 0 saturated heterocycles. The van der Waals surface area contributed by atoms with E-state index in [2.05, 4.69) is 0 Å². The standard InChI is InChI=1S/C16H15ClO3/c1-7-11-8(2)14(18)16(20)13(15(11)19)12(7)9-3-5-10(17)6-4-9/h3-7,11-13,18H,1-2H3. The van der Waals surface area contributed by atoms with Gasteiger partial charge < -0.3 is 5.11 Å². The van der Waals surface area contributed by atoms with E-state index in [1.165, 1.54) is 0 Å². The number of halogens is 1. The summed E-state index contributed by atoms with van der Waals surface area (Å²) in [5.41, 5.74) is 1.44. The van der Waals surface area contributed by atoms with Crippen LogP contribution in [0.1, 0.15) is 25.3 Å². The second-order valence-electron chi connectivity index (χ2n) is 5.69. The summed E-state index contributed by atoms with van der Waals surface area (Å²) in [6.45, 7) is 3.64. The number of carbonyl (C=O) groups is 2. The molecule has 0 spiro atoms. The fraction of sp³-hybridized carbons (Fsp3) is 0.375. The van der Waals surface area contributed by atoms with Crippen LogP contribution in [0.4, 0.5) is 0 Å². The third-order valence-electron chi connectivity index (χ3n) is 4.68. The second-order valence-corrected chi connectivity index (χ2v) is 6.13. The summed E-state index contributed by atoms with van der Waals surface area (Å²) in [7, 11) is 0. The minimum absolute atomic E-state index is 0.00211. The lowest BCUT2D eigenvalue weighted by Gasteiger charge is -2.20. The van der Waals surface area contributed by atoms with E-state index in [1.807, 2.05) is 19.1 Å². The first-order chi connectivity index (χ1) is 9.43. The number of carbonyl (C=O) groups excluding carboxylic acids is 2. The van der Waals surface area contributed by atoms with Crippen molar-refractivity contribution in [3.05, 3.63) is 46.2 Å². The number of rotatable bonds is 1. The molecule has 4 atom stereocenters. The van der Waals surface area contributed by atoms with Crippen molar-refractivity contribution in [2.75, 3.05) is 0 Å². The Hall–Kier alpha value is -1.61. The Morgan fingerprint density at radius 3 is 2.30 bits per heavy atom. The number of aliphatic hydroxyl groups excluding tert-OH is 1. The number of Topliss-reactive ketones (excluding diaryl/α,β-unsaturated/α-hetero) is 2. The molecule has 1 aromatic rings. The SMILES string of the molecule is CC1=C(O)C(=O)C2C(=O)C1C(C)C2c1ccc(Cl)cc1. The number of hydrogen-bond donors (Lipinski definition) is 1. The molecule has 0 radical (unpaired) electrons. The zero-order chi connectivity index (χ0) is 14.6. The van der Waals surface area contributed by atoms with Crippen molar-refractivity contribution in [1.82, 2.24) is 0 Å². The number of fused-ring (bicyclic) bond motifs is 2. The Kier molecular flexibility index (Phi) is 2.98. The molecule has 20 heavy (non-hydrogen) atoms. The molecule has 0 amide bonds. The van der Waals surface area contributed by atoms with Crippen LogP contribution in [0.2, 0.25) is 5.02 Å². The van der Waals surface area contributed by atoms with Crippen LogP contribution in [0.15, 0.2) is 35.6 Å². The average Bonchev–Trinajstić information content (AvgIpc) is 2.64. The third-order valence-corrected chi connectivity index (χ3v) is 4.93. The first-order valence-electron chi connectivity index (χ1n) is 6.66. The quantitative estimate of drug-likeness (QED) is 0.808. The van der Waals surface area contributed by atoms with Crippen LogP contribution in [0.3, 0.4) is 0 Å². The molecule has 0 heterocycles. The average molecular weight is 291 g/mol. The topological polar surface area (TPSA) is 54.4 Å². The molecule has 4 unspecified atom stereocenters. The van der Waals surface area contributed by atoms with Crippen molar-refractivity contribution >= 4 is 23.2 Å². The maximum atomic E-state index is 12.4. The Labute approximate surface area is 122 Å². The molecule has 1 N–H and O–H groups in total. The van der Waals surface area contributed by atoms with Crippen molar-refractivity contribution in [3.63, 3.8) is 0 Å². The van der Waals surface area contributed by atoms with Gasteiger partial charge >= 0.3 is 0 Å². The van der Waals surface area contributed by atoms with Gasteiger partial charge in [-0.3, -0.25) is 9.59 Å². The highest BCUT2D eigenvalue weighted by atomic mass is 35.5. The summed E-state index contributed by atoms with van der Waals surface area (Å²) in [6, 6.07) is 7.25. The lowest BCUT2D eigenvalue weighted by atomic mass is 9.82. The second kappa shape index (κ2) is 4.45. The summed E-state index contributed by atoms with van der Waals surface area (Å²) in [6.07, 6.45) is 0. The molecule has 3 rings (SSSR count). The molecule has 3 nitrogen and oxygen atoms in total. The minimum atomic E-state index is -0.750. The van der Waals surface area contributed by atoms with Gasteiger partial charge in [0.1, 0.15) is 0 Å². The van der Waals surface area contributed by atoms with Gasteiger partial charge in [0, 0.05) is 16.9 Å². The fourth-order valence-electron chi connectivity index (χ4n) is 3.71. The summed E-state index contributed by atoms with van der Waals surface area (Å²) in [5.74, 6) is -1.99. The zero-order valence-corrected chi connectivity index (χ0v) is 12.0. The Morgan fingerprint density at radius 2 is 1.70 bits per heavy atom. The van der Waals surface area contributed by atoms with E-state index in [0.717, 1.165) is 5.56 Å². The lowest BCUT2D eigenvalue weighted by Crippen LogP contribution is -2.32. The van der Waals surface area contributed by atoms with Gasteiger partial charge in [-0.05, 0) is 36.1 Å². The molecule has 104 valence electrons. The summed E-state index contributed by atoms with van der Waals surface area (Å²) in [5, 5.41) is 10.6. The van der Waals surface area contributed by atoms with Crippen molar-refractivity contribution in [2.24, 2.45) is 17.8 Å².